The second-order valence-corrected chi connectivity index (χ2v) is 5.38. The maximum Gasteiger partial charge on any atom is 0.251 e. The molecule has 16 heavy (non-hydrogen) atoms. The molecule has 1 fully saturated rings. The molecular weight excluding hydrogens is 289 g/mol. The van der Waals surface area contributed by atoms with Gasteiger partial charge in [0.05, 0.1) is 5.02 Å². The quantitative estimate of drug-likeness (QED) is 0.904. The first kappa shape index (κ1) is 11.9. The third-order valence-electron chi connectivity index (χ3n) is 2.72. The fourth-order valence-corrected chi connectivity index (χ4v) is 1.96. The number of amides is 1. The van der Waals surface area contributed by atoms with E-state index in [0.717, 1.165) is 23.4 Å². The van der Waals surface area contributed by atoms with Crippen molar-refractivity contribution in [2.45, 2.75) is 19.3 Å². The molecule has 1 saturated carbocycles. The number of rotatable bonds is 4. The second kappa shape index (κ2) is 5.19. The Labute approximate surface area is 108 Å². The normalized spacial score (nSPS) is 14.9. The Morgan fingerprint density at radius 2 is 2.25 bits per heavy atom. The largest absolute Gasteiger partial charge is 0.352 e. The number of carbonyl (C=O) groups excluding carboxylic acids is 1. The van der Waals surface area contributed by atoms with Crippen LogP contribution in [0.3, 0.4) is 0 Å². The number of nitrogens with one attached hydrogen (secondary N) is 1. The molecule has 0 saturated heterocycles. The average Bonchev–Trinajstić information content (AvgIpc) is 3.06. The molecule has 1 aromatic rings. The van der Waals surface area contributed by atoms with Crippen molar-refractivity contribution in [2.24, 2.45) is 5.92 Å². The van der Waals surface area contributed by atoms with Crippen molar-refractivity contribution >= 4 is 33.4 Å². The van der Waals surface area contributed by atoms with Crippen LogP contribution < -0.4 is 5.32 Å². The third-order valence-corrected chi connectivity index (χ3v) is 3.95. The minimum Gasteiger partial charge on any atom is -0.352 e. The fraction of sp³-hybridized carbons (Fsp3) is 0.417. The summed E-state index contributed by atoms with van der Waals surface area (Å²) >= 11 is 9.22. The molecule has 4 heteroatoms. The molecule has 1 amide bonds. The van der Waals surface area contributed by atoms with E-state index in [1.165, 1.54) is 12.8 Å². The molecule has 0 aromatic heterocycles. The van der Waals surface area contributed by atoms with E-state index in [1.54, 1.807) is 18.2 Å². The number of hydrogen-bond acceptors (Lipinski definition) is 1. The van der Waals surface area contributed by atoms with Gasteiger partial charge in [0.15, 0.2) is 0 Å². The monoisotopic (exact) mass is 301 g/mol. The molecule has 0 atom stereocenters. The first-order valence-electron chi connectivity index (χ1n) is 5.40. The van der Waals surface area contributed by atoms with Gasteiger partial charge in [-0.2, -0.15) is 0 Å². The van der Waals surface area contributed by atoms with Crippen molar-refractivity contribution < 1.29 is 4.79 Å². The summed E-state index contributed by atoms with van der Waals surface area (Å²) in [5.74, 6) is 0.795. The van der Waals surface area contributed by atoms with E-state index < -0.39 is 0 Å². The molecule has 1 N–H and O–H groups in total. The van der Waals surface area contributed by atoms with E-state index in [2.05, 4.69) is 21.2 Å². The minimum absolute atomic E-state index is 0.0462. The second-order valence-electron chi connectivity index (χ2n) is 4.12. The van der Waals surface area contributed by atoms with Crippen LogP contribution in [0.15, 0.2) is 22.7 Å². The van der Waals surface area contributed by atoms with Gasteiger partial charge in [-0.25, -0.2) is 0 Å². The van der Waals surface area contributed by atoms with Gasteiger partial charge in [0.25, 0.3) is 5.91 Å². The summed E-state index contributed by atoms with van der Waals surface area (Å²) in [4.78, 5) is 11.7. The first-order valence-corrected chi connectivity index (χ1v) is 6.57. The number of hydrogen-bond donors (Lipinski definition) is 1. The Morgan fingerprint density at radius 3 is 2.88 bits per heavy atom. The summed E-state index contributed by atoms with van der Waals surface area (Å²) < 4.78 is 0.809. The molecular formula is C12H13BrClNO. The number of benzene rings is 1. The molecule has 1 aromatic carbocycles. The standard InChI is InChI=1S/C12H13BrClNO/c13-10-4-3-9(7-11(10)14)12(16)15-6-5-8-1-2-8/h3-4,7-8H,1-2,5-6H2,(H,15,16). The van der Waals surface area contributed by atoms with Crippen LogP contribution in [-0.4, -0.2) is 12.5 Å². The lowest BCUT2D eigenvalue weighted by molar-refractivity contribution is 0.0952. The number of halogens is 2. The molecule has 0 aliphatic heterocycles. The molecule has 2 rings (SSSR count). The van der Waals surface area contributed by atoms with Gasteiger partial charge in [-0.15, -0.1) is 0 Å². The molecule has 0 unspecified atom stereocenters. The Morgan fingerprint density at radius 1 is 1.50 bits per heavy atom. The third kappa shape index (κ3) is 3.22. The van der Waals surface area contributed by atoms with Crippen molar-refractivity contribution in [3.8, 4) is 0 Å². The van der Waals surface area contributed by atoms with Crippen molar-refractivity contribution in [1.29, 1.82) is 0 Å². The summed E-state index contributed by atoms with van der Waals surface area (Å²) in [6.45, 7) is 0.761. The van der Waals surface area contributed by atoms with Gasteiger partial charge in [-0.05, 0) is 46.5 Å². The summed E-state index contributed by atoms with van der Waals surface area (Å²) in [6, 6.07) is 5.23. The highest BCUT2D eigenvalue weighted by molar-refractivity contribution is 9.10. The zero-order valence-electron chi connectivity index (χ0n) is 8.80. The van der Waals surface area contributed by atoms with Gasteiger partial charge in [-0.1, -0.05) is 24.4 Å². The van der Waals surface area contributed by atoms with Crippen molar-refractivity contribution in [3.63, 3.8) is 0 Å². The Bertz CT molecular complexity index is 404. The predicted octanol–water partition coefficient (Wildman–Crippen LogP) is 3.63. The van der Waals surface area contributed by atoms with E-state index in [9.17, 15) is 4.79 Å². The van der Waals surface area contributed by atoms with Gasteiger partial charge >= 0.3 is 0 Å². The molecule has 2 nitrogen and oxygen atoms in total. The number of carbonyl (C=O) groups is 1. The molecule has 0 heterocycles. The van der Waals surface area contributed by atoms with Gasteiger partial charge in [0.2, 0.25) is 0 Å². The maximum atomic E-state index is 11.7. The Hall–Kier alpha value is -0.540. The van der Waals surface area contributed by atoms with E-state index in [-0.39, 0.29) is 5.91 Å². The lowest BCUT2D eigenvalue weighted by Crippen LogP contribution is -2.24. The summed E-state index contributed by atoms with van der Waals surface area (Å²) in [7, 11) is 0. The van der Waals surface area contributed by atoms with Crippen LogP contribution in [0.2, 0.25) is 5.02 Å². The van der Waals surface area contributed by atoms with Gasteiger partial charge < -0.3 is 5.32 Å². The van der Waals surface area contributed by atoms with Crippen molar-refractivity contribution in [3.05, 3.63) is 33.3 Å². The molecule has 0 radical (unpaired) electrons. The lowest BCUT2D eigenvalue weighted by Gasteiger charge is -2.05. The maximum absolute atomic E-state index is 11.7. The van der Waals surface area contributed by atoms with E-state index >= 15 is 0 Å². The predicted molar refractivity (Wildman–Crippen MR) is 68.8 cm³/mol. The average molecular weight is 303 g/mol. The van der Waals surface area contributed by atoms with Crippen LogP contribution in [0.5, 0.6) is 0 Å². The van der Waals surface area contributed by atoms with Crippen LogP contribution >= 0.6 is 27.5 Å². The molecule has 1 aliphatic rings. The van der Waals surface area contributed by atoms with Crippen LogP contribution in [0.4, 0.5) is 0 Å². The van der Waals surface area contributed by atoms with Crippen molar-refractivity contribution in [1.82, 2.24) is 5.32 Å². The van der Waals surface area contributed by atoms with E-state index in [0.29, 0.717) is 10.6 Å². The summed E-state index contributed by atoms with van der Waals surface area (Å²) in [5.41, 5.74) is 0.615. The van der Waals surface area contributed by atoms with Crippen molar-refractivity contribution in [2.75, 3.05) is 6.54 Å². The SMILES string of the molecule is O=C(NCCC1CC1)c1ccc(Br)c(Cl)c1. The van der Waals surface area contributed by atoms with Crippen LogP contribution in [-0.2, 0) is 0 Å². The molecule has 86 valence electrons. The van der Waals surface area contributed by atoms with Gasteiger partial charge in [0, 0.05) is 16.6 Å². The fourth-order valence-electron chi connectivity index (χ4n) is 1.54. The smallest absolute Gasteiger partial charge is 0.251 e. The highest BCUT2D eigenvalue weighted by Gasteiger charge is 2.20. The zero-order chi connectivity index (χ0) is 11.5. The van der Waals surface area contributed by atoms with Gasteiger partial charge in [0.1, 0.15) is 0 Å². The Balaban J connectivity index is 1.88. The van der Waals surface area contributed by atoms with E-state index in [1.807, 2.05) is 0 Å². The summed E-state index contributed by atoms with van der Waals surface area (Å²) in [5, 5.41) is 3.47. The zero-order valence-corrected chi connectivity index (χ0v) is 11.1. The highest BCUT2D eigenvalue weighted by atomic mass is 79.9. The highest BCUT2D eigenvalue weighted by Crippen LogP contribution is 2.31. The van der Waals surface area contributed by atoms with E-state index in [4.69, 9.17) is 11.6 Å². The summed E-state index contributed by atoms with van der Waals surface area (Å²) in [6.07, 6.45) is 3.73. The minimum atomic E-state index is -0.0462. The van der Waals surface area contributed by atoms with Crippen LogP contribution in [0.1, 0.15) is 29.6 Å². The first-order chi connectivity index (χ1) is 7.66. The van der Waals surface area contributed by atoms with Crippen LogP contribution in [0.25, 0.3) is 0 Å². The molecule has 1 aliphatic carbocycles. The molecule has 0 bridgehead atoms. The topological polar surface area (TPSA) is 29.1 Å². The lowest BCUT2D eigenvalue weighted by atomic mass is 10.2. The van der Waals surface area contributed by atoms with Gasteiger partial charge in [-0.3, -0.25) is 4.79 Å². The van der Waals surface area contributed by atoms with Crippen LogP contribution in [0, 0.1) is 5.92 Å². The Kier molecular flexibility index (Phi) is 3.87. The molecule has 0 spiro atoms.